The Bertz CT molecular complexity index is 91.1. The van der Waals surface area contributed by atoms with Crippen LogP contribution in [0.25, 0.3) is 0 Å². The summed E-state index contributed by atoms with van der Waals surface area (Å²) in [5, 5.41) is 0. The van der Waals surface area contributed by atoms with Crippen LogP contribution in [0, 0.1) is 6.04 Å². The normalized spacial score (nSPS) is 10.9. The Balaban J connectivity index is 3.68. The van der Waals surface area contributed by atoms with Crippen molar-refractivity contribution in [2.24, 2.45) is 0 Å². The van der Waals surface area contributed by atoms with E-state index in [0.29, 0.717) is 0 Å². The van der Waals surface area contributed by atoms with Gasteiger partial charge in [-0.05, 0) is 12.1 Å². The molecular weight excluding hydrogens is 124 g/mol. The second kappa shape index (κ2) is 3.67. The van der Waals surface area contributed by atoms with Crippen LogP contribution in [0.5, 0.6) is 0 Å². The maximum absolute atomic E-state index is 3.71. The highest BCUT2D eigenvalue weighted by molar-refractivity contribution is 6.81. The van der Waals surface area contributed by atoms with Gasteiger partial charge in [-0.15, -0.1) is 13.2 Å². The van der Waals surface area contributed by atoms with Crippen LogP contribution in [0.3, 0.4) is 0 Å². The highest BCUT2D eigenvalue weighted by atomic mass is 28.3. The van der Waals surface area contributed by atoms with E-state index in [0.717, 1.165) is 6.04 Å². The predicted molar refractivity (Wildman–Crippen MR) is 47.0 cm³/mol. The van der Waals surface area contributed by atoms with Gasteiger partial charge in [-0.25, -0.2) is 0 Å². The molecule has 0 heterocycles. The van der Waals surface area contributed by atoms with Crippen LogP contribution in [-0.4, -0.2) is 8.07 Å². The second-order valence-corrected chi connectivity index (χ2v) is 7.60. The molecule has 0 aliphatic rings. The molecule has 0 aliphatic carbocycles. The topological polar surface area (TPSA) is 0 Å². The number of hydrogen-bond acceptors (Lipinski definition) is 0. The molecule has 0 N–H and O–H groups in total. The molecule has 51 valence electrons. The van der Waals surface area contributed by atoms with Crippen LogP contribution >= 0.6 is 0 Å². The average Bonchev–Trinajstić information content (AvgIpc) is 1.64. The Morgan fingerprint density at radius 3 is 2.22 bits per heavy atom. The third-order valence-electron chi connectivity index (χ3n) is 1.24. The van der Waals surface area contributed by atoms with E-state index < -0.39 is 8.07 Å². The van der Waals surface area contributed by atoms with Gasteiger partial charge in [0.25, 0.3) is 0 Å². The van der Waals surface area contributed by atoms with Crippen molar-refractivity contribution in [2.45, 2.75) is 19.1 Å². The van der Waals surface area contributed by atoms with Gasteiger partial charge in [-0.3, -0.25) is 0 Å². The summed E-state index contributed by atoms with van der Waals surface area (Å²) in [6, 6.07) is 3.38. The summed E-state index contributed by atoms with van der Waals surface area (Å²) in [5.74, 6) is 0. The fraction of sp³-hybridized carbons (Fsp3) is 0.375. The van der Waals surface area contributed by atoms with Crippen molar-refractivity contribution in [3.05, 3.63) is 31.4 Å². The summed E-state index contributed by atoms with van der Waals surface area (Å²) in [5.41, 5.74) is 0. The largest absolute Gasteiger partial charge is 0.103 e. The molecule has 0 aliphatic heterocycles. The molecule has 0 fully saturated rings. The fourth-order valence-electron chi connectivity index (χ4n) is 0.759. The Morgan fingerprint density at radius 2 is 1.89 bits per heavy atom. The molecule has 1 radical (unpaired) electrons. The summed E-state index contributed by atoms with van der Waals surface area (Å²) >= 11 is 0. The zero-order valence-electron chi connectivity index (χ0n) is 6.35. The van der Waals surface area contributed by atoms with Gasteiger partial charge in [0.2, 0.25) is 0 Å². The molecule has 0 aromatic rings. The molecule has 0 rings (SSSR count). The van der Waals surface area contributed by atoms with Crippen molar-refractivity contribution >= 4 is 8.07 Å². The highest BCUT2D eigenvalue weighted by Crippen LogP contribution is 2.12. The summed E-state index contributed by atoms with van der Waals surface area (Å²) in [7, 11) is -1.06. The van der Waals surface area contributed by atoms with Crippen LogP contribution in [0.2, 0.25) is 19.1 Å². The highest BCUT2D eigenvalue weighted by Gasteiger charge is 2.15. The van der Waals surface area contributed by atoms with E-state index in [1.54, 1.807) is 0 Å². The van der Waals surface area contributed by atoms with Gasteiger partial charge in [-0.2, -0.15) is 0 Å². The van der Waals surface area contributed by atoms with Gasteiger partial charge < -0.3 is 0 Å². The Labute approximate surface area is 59.3 Å². The summed E-state index contributed by atoms with van der Waals surface area (Å²) in [6.07, 6.45) is 3.89. The van der Waals surface area contributed by atoms with Crippen LogP contribution in [0.1, 0.15) is 0 Å². The van der Waals surface area contributed by atoms with Crippen LogP contribution < -0.4 is 0 Å². The Kier molecular flexibility index (Phi) is 3.55. The van der Waals surface area contributed by atoms with Crippen molar-refractivity contribution in [1.82, 2.24) is 0 Å². The standard InChI is InChI=1S/C8H15Si/c1-5-7-9(3,4)8-6-2/h5-7H,1-2,8H2,3-4H3. The fourth-order valence-corrected chi connectivity index (χ4v) is 2.28. The molecular formula is C8H15Si. The monoisotopic (exact) mass is 139 g/mol. The van der Waals surface area contributed by atoms with Gasteiger partial charge in [-0.1, -0.05) is 25.2 Å². The van der Waals surface area contributed by atoms with Crippen molar-refractivity contribution in [3.8, 4) is 0 Å². The average molecular weight is 139 g/mol. The maximum Gasteiger partial charge on any atom is 0.0584 e. The van der Waals surface area contributed by atoms with Crippen LogP contribution in [0.15, 0.2) is 25.3 Å². The quantitative estimate of drug-likeness (QED) is 0.415. The van der Waals surface area contributed by atoms with Crippen molar-refractivity contribution < 1.29 is 0 Å². The first-order chi connectivity index (χ1) is 4.12. The van der Waals surface area contributed by atoms with E-state index >= 15 is 0 Å². The van der Waals surface area contributed by atoms with Gasteiger partial charge in [0.05, 0.1) is 8.07 Å². The lowest BCUT2D eigenvalue weighted by Crippen LogP contribution is -2.24. The van der Waals surface area contributed by atoms with Gasteiger partial charge in [0.15, 0.2) is 0 Å². The molecule has 0 atom stereocenters. The number of allylic oxidation sites excluding steroid dienone is 2. The van der Waals surface area contributed by atoms with E-state index in [9.17, 15) is 0 Å². The smallest absolute Gasteiger partial charge is 0.0584 e. The summed E-state index contributed by atoms with van der Waals surface area (Å²) in [6.45, 7) is 12.0. The first-order valence-corrected chi connectivity index (χ1v) is 6.48. The van der Waals surface area contributed by atoms with E-state index in [-0.39, 0.29) is 0 Å². The molecule has 0 saturated heterocycles. The van der Waals surface area contributed by atoms with Crippen molar-refractivity contribution in [2.75, 3.05) is 0 Å². The maximum atomic E-state index is 3.71. The lowest BCUT2D eigenvalue weighted by molar-refractivity contribution is 1.52. The van der Waals surface area contributed by atoms with Crippen molar-refractivity contribution in [1.29, 1.82) is 0 Å². The molecule has 0 spiro atoms. The van der Waals surface area contributed by atoms with E-state index in [1.165, 1.54) is 0 Å². The minimum Gasteiger partial charge on any atom is -0.103 e. The van der Waals surface area contributed by atoms with Crippen LogP contribution in [-0.2, 0) is 0 Å². The molecule has 0 saturated carbocycles. The lowest BCUT2D eigenvalue weighted by atomic mass is 10.7. The molecule has 0 aromatic carbocycles. The molecule has 1 heteroatoms. The van der Waals surface area contributed by atoms with Gasteiger partial charge in [0, 0.05) is 0 Å². The molecule has 0 bridgehead atoms. The van der Waals surface area contributed by atoms with E-state index in [1.807, 2.05) is 12.2 Å². The first-order valence-electron chi connectivity index (χ1n) is 3.20. The van der Waals surface area contributed by atoms with E-state index in [4.69, 9.17) is 0 Å². The van der Waals surface area contributed by atoms with Gasteiger partial charge >= 0.3 is 0 Å². The number of hydrogen-bond donors (Lipinski definition) is 0. The molecule has 0 nitrogen and oxygen atoms in total. The predicted octanol–water partition coefficient (Wildman–Crippen LogP) is 2.81. The third-order valence-corrected chi connectivity index (χ3v) is 3.72. The molecule has 0 amide bonds. The first kappa shape index (κ1) is 8.70. The second-order valence-electron chi connectivity index (χ2n) is 2.88. The summed E-state index contributed by atoms with van der Waals surface area (Å²) in [4.78, 5) is 0. The summed E-state index contributed by atoms with van der Waals surface area (Å²) < 4.78 is 0. The molecule has 9 heavy (non-hydrogen) atoms. The Morgan fingerprint density at radius 1 is 1.33 bits per heavy atom. The van der Waals surface area contributed by atoms with Gasteiger partial charge in [0.1, 0.15) is 0 Å². The minimum absolute atomic E-state index is 1.06. The third kappa shape index (κ3) is 4.22. The molecule has 0 unspecified atom stereocenters. The van der Waals surface area contributed by atoms with E-state index in [2.05, 4.69) is 32.3 Å². The zero-order valence-corrected chi connectivity index (χ0v) is 7.35. The van der Waals surface area contributed by atoms with Crippen LogP contribution in [0.4, 0.5) is 0 Å². The SMILES string of the molecule is C=C[CH][Si](C)(C)CC=C. The van der Waals surface area contributed by atoms with Crippen molar-refractivity contribution in [3.63, 3.8) is 0 Å². The molecule has 0 aromatic heterocycles. The Hall–Kier alpha value is -0.303. The lowest BCUT2D eigenvalue weighted by Gasteiger charge is -2.16. The minimum atomic E-state index is -1.06. The number of rotatable bonds is 4. The zero-order chi connectivity index (χ0) is 7.33.